The highest BCUT2D eigenvalue weighted by molar-refractivity contribution is 5.74. The number of urea groups is 1. The molecule has 23 heavy (non-hydrogen) atoms. The van der Waals surface area contributed by atoms with Gasteiger partial charge in [0.2, 0.25) is 0 Å². The van der Waals surface area contributed by atoms with E-state index in [1.807, 2.05) is 13.8 Å². The van der Waals surface area contributed by atoms with E-state index >= 15 is 0 Å². The number of rotatable bonds is 8. The van der Waals surface area contributed by atoms with Crippen molar-refractivity contribution in [2.24, 2.45) is 5.92 Å². The molecule has 1 aromatic carbocycles. The fraction of sp³-hybridized carbons (Fsp3) is 0.562. The summed E-state index contributed by atoms with van der Waals surface area (Å²) in [7, 11) is 0. The molecule has 0 saturated heterocycles. The summed E-state index contributed by atoms with van der Waals surface area (Å²) in [5, 5.41) is 14.8. The molecule has 0 heterocycles. The lowest BCUT2D eigenvalue weighted by molar-refractivity contribution is 0.0950. The molecule has 0 aliphatic heterocycles. The second kappa shape index (κ2) is 9.42. The molecule has 2 atom stereocenters. The molecule has 0 fully saturated rings. The first kappa shape index (κ1) is 19.3. The molecule has 3 N–H and O–H groups in total. The Morgan fingerprint density at radius 2 is 1.83 bits per heavy atom. The van der Waals surface area contributed by atoms with Gasteiger partial charge in [-0.25, -0.2) is 13.6 Å². The average molecular weight is 330 g/mol. The molecule has 5 nitrogen and oxygen atoms in total. The van der Waals surface area contributed by atoms with Crippen LogP contribution < -0.4 is 10.6 Å². The van der Waals surface area contributed by atoms with Crippen molar-refractivity contribution >= 4 is 6.03 Å². The molecule has 0 aliphatic rings. The molecule has 0 aromatic heterocycles. The molecule has 7 heteroatoms. The second-order valence-electron chi connectivity index (χ2n) is 5.84. The van der Waals surface area contributed by atoms with Crippen molar-refractivity contribution in [3.8, 4) is 0 Å². The summed E-state index contributed by atoms with van der Waals surface area (Å²) in [5.74, 6) is -1.30. The number of aliphatic hydroxyl groups is 1. The fourth-order valence-corrected chi connectivity index (χ4v) is 1.92. The van der Waals surface area contributed by atoms with E-state index in [0.717, 1.165) is 12.1 Å². The Kier molecular flexibility index (Phi) is 7.91. The summed E-state index contributed by atoms with van der Waals surface area (Å²) < 4.78 is 32.4. The van der Waals surface area contributed by atoms with Gasteiger partial charge in [-0.15, -0.1) is 0 Å². The standard InChI is InChI=1S/C16H24F2N2O3/c1-10(2)8-23-9-11(3)20-16(22)19-7-14(21)15-12(17)5-4-6-13(15)18/h4-6,10-11,14,21H,7-9H2,1-3H3,(H2,19,20,22)/t11-,14+/m1/s1. The molecule has 1 rings (SSSR count). The van der Waals surface area contributed by atoms with E-state index in [-0.39, 0.29) is 12.6 Å². The molecule has 0 radical (unpaired) electrons. The van der Waals surface area contributed by atoms with E-state index in [4.69, 9.17) is 4.74 Å². The minimum atomic E-state index is -1.46. The van der Waals surface area contributed by atoms with E-state index in [2.05, 4.69) is 10.6 Å². The molecule has 0 aliphatic carbocycles. The van der Waals surface area contributed by atoms with Gasteiger partial charge < -0.3 is 20.5 Å². The number of hydrogen-bond acceptors (Lipinski definition) is 3. The van der Waals surface area contributed by atoms with Gasteiger partial charge in [0.25, 0.3) is 0 Å². The summed E-state index contributed by atoms with van der Waals surface area (Å²) in [4.78, 5) is 11.7. The molecule has 0 bridgehead atoms. The lowest BCUT2D eigenvalue weighted by Crippen LogP contribution is -2.44. The quantitative estimate of drug-likeness (QED) is 0.685. The Labute approximate surface area is 135 Å². The first-order valence-corrected chi connectivity index (χ1v) is 7.55. The zero-order chi connectivity index (χ0) is 17.4. The minimum Gasteiger partial charge on any atom is -0.386 e. The molecule has 0 unspecified atom stereocenters. The maximum absolute atomic E-state index is 13.5. The van der Waals surface area contributed by atoms with Gasteiger partial charge in [-0.1, -0.05) is 19.9 Å². The number of carbonyl (C=O) groups is 1. The lowest BCUT2D eigenvalue weighted by atomic mass is 10.1. The number of aliphatic hydroxyl groups excluding tert-OH is 1. The van der Waals surface area contributed by atoms with E-state index in [1.54, 1.807) is 6.92 Å². The summed E-state index contributed by atoms with van der Waals surface area (Å²) in [6.45, 7) is 6.47. The average Bonchev–Trinajstić information content (AvgIpc) is 2.44. The van der Waals surface area contributed by atoms with Crippen LogP contribution in [0.15, 0.2) is 18.2 Å². The monoisotopic (exact) mass is 330 g/mol. The summed E-state index contributed by atoms with van der Waals surface area (Å²) in [6.07, 6.45) is -1.46. The number of benzene rings is 1. The Morgan fingerprint density at radius 1 is 1.22 bits per heavy atom. The van der Waals surface area contributed by atoms with Crippen molar-refractivity contribution < 1.29 is 23.4 Å². The van der Waals surface area contributed by atoms with Crippen molar-refractivity contribution in [3.63, 3.8) is 0 Å². The van der Waals surface area contributed by atoms with Crippen LogP contribution in [0, 0.1) is 17.6 Å². The third-order valence-corrected chi connectivity index (χ3v) is 2.99. The van der Waals surface area contributed by atoms with Crippen molar-refractivity contribution in [2.45, 2.75) is 32.9 Å². The third-order valence-electron chi connectivity index (χ3n) is 2.99. The van der Waals surface area contributed by atoms with E-state index < -0.39 is 29.3 Å². The van der Waals surface area contributed by atoms with Crippen molar-refractivity contribution in [1.29, 1.82) is 0 Å². The first-order valence-electron chi connectivity index (χ1n) is 7.55. The topological polar surface area (TPSA) is 70.6 Å². The number of amides is 2. The Balaban J connectivity index is 2.38. The lowest BCUT2D eigenvalue weighted by Gasteiger charge is -2.17. The molecule has 1 aromatic rings. The van der Waals surface area contributed by atoms with Gasteiger partial charge in [0, 0.05) is 13.2 Å². The summed E-state index contributed by atoms with van der Waals surface area (Å²) >= 11 is 0. The van der Waals surface area contributed by atoms with Gasteiger partial charge in [0.05, 0.1) is 18.2 Å². The van der Waals surface area contributed by atoms with E-state index in [9.17, 15) is 18.7 Å². The minimum absolute atomic E-state index is 0.226. The highest BCUT2D eigenvalue weighted by Crippen LogP contribution is 2.19. The molecular weight excluding hydrogens is 306 g/mol. The molecule has 2 amide bonds. The Hall–Kier alpha value is -1.73. The van der Waals surface area contributed by atoms with Gasteiger partial charge >= 0.3 is 6.03 Å². The van der Waals surface area contributed by atoms with E-state index in [1.165, 1.54) is 6.07 Å². The van der Waals surface area contributed by atoms with E-state index in [0.29, 0.717) is 19.1 Å². The predicted molar refractivity (Wildman–Crippen MR) is 83.0 cm³/mol. The number of hydrogen-bond donors (Lipinski definition) is 3. The van der Waals surface area contributed by atoms with Crippen LogP contribution in [-0.2, 0) is 4.74 Å². The van der Waals surface area contributed by atoms with Crippen molar-refractivity contribution in [3.05, 3.63) is 35.4 Å². The molecular formula is C16H24F2N2O3. The Morgan fingerprint density at radius 3 is 2.39 bits per heavy atom. The zero-order valence-corrected chi connectivity index (χ0v) is 13.6. The van der Waals surface area contributed by atoms with Crippen LogP contribution in [0.5, 0.6) is 0 Å². The maximum Gasteiger partial charge on any atom is 0.315 e. The molecule has 0 spiro atoms. The van der Waals surface area contributed by atoms with Crippen LogP contribution in [-0.4, -0.2) is 36.9 Å². The maximum atomic E-state index is 13.5. The van der Waals surface area contributed by atoms with Crippen molar-refractivity contribution in [1.82, 2.24) is 10.6 Å². The summed E-state index contributed by atoms with van der Waals surface area (Å²) in [6, 6.07) is 2.54. The smallest absolute Gasteiger partial charge is 0.315 e. The molecule has 0 saturated carbocycles. The third kappa shape index (κ3) is 6.92. The van der Waals surface area contributed by atoms with Crippen LogP contribution in [0.3, 0.4) is 0 Å². The van der Waals surface area contributed by atoms with Crippen molar-refractivity contribution in [2.75, 3.05) is 19.8 Å². The summed E-state index contributed by atoms with van der Waals surface area (Å²) in [5.41, 5.74) is -0.457. The van der Waals surface area contributed by atoms with Gasteiger partial charge in [-0.05, 0) is 25.0 Å². The number of nitrogens with one attached hydrogen (secondary N) is 2. The van der Waals surface area contributed by atoms with Crippen LogP contribution in [0.2, 0.25) is 0 Å². The predicted octanol–water partition coefficient (Wildman–Crippen LogP) is 2.36. The second-order valence-corrected chi connectivity index (χ2v) is 5.84. The number of halogens is 2. The number of ether oxygens (including phenoxy) is 1. The van der Waals surface area contributed by atoms with Gasteiger partial charge in [0.15, 0.2) is 0 Å². The fourth-order valence-electron chi connectivity index (χ4n) is 1.92. The molecule has 130 valence electrons. The highest BCUT2D eigenvalue weighted by atomic mass is 19.1. The first-order chi connectivity index (χ1) is 10.8. The van der Waals surface area contributed by atoms with Gasteiger partial charge in [-0.2, -0.15) is 0 Å². The normalized spacial score (nSPS) is 13.7. The zero-order valence-electron chi connectivity index (χ0n) is 13.6. The van der Waals surface area contributed by atoms with Crippen LogP contribution in [0.25, 0.3) is 0 Å². The number of carbonyl (C=O) groups excluding carboxylic acids is 1. The van der Waals surface area contributed by atoms with Crippen LogP contribution >= 0.6 is 0 Å². The van der Waals surface area contributed by atoms with Crippen LogP contribution in [0.1, 0.15) is 32.4 Å². The Bertz CT molecular complexity index is 492. The highest BCUT2D eigenvalue weighted by Gasteiger charge is 2.18. The van der Waals surface area contributed by atoms with Gasteiger partial charge in [0.1, 0.15) is 17.7 Å². The largest absolute Gasteiger partial charge is 0.386 e. The SMILES string of the molecule is CC(C)COC[C@@H](C)NC(=O)NC[C@H](O)c1c(F)cccc1F. The van der Waals surface area contributed by atoms with Gasteiger partial charge in [-0.3, -0.25) is 0 Å². The van der Waals surface area contributed by atoms with Crippen LogP contribution in [0.4, 0.5) is 13.6 Å².